The van der Waals surface area contributed by atoms with Crippen LogP contribution in [-0.4, -0.2) is 57.1 Å². The molecule has 1 N–H and O–H groups in total. The summed E-state index contributed by atoms with van der Waals surface area (Å²) in [6.45, 7) is 5.39. The van der Waals surface area contributed by atoms with E-state index in [4.69, 9.17) is 4.74 Å². The van der Waals surface area contributed by atoms with Crippen LogP contribution in [0.1, 0.15) is 62.1 Å². The normalized spacial score (nSPS) is 15.0. The molecule has 0 saturated heterocycles. The third kappa shape index (κ3) is 7.96. The molecule has 1 fully saturated rings. The van der Waals surface area contributed by atoms with E-state index in [-0.39, 0.29) is 18.5 Å². The van der Waals surface area contributed by atoms with Crippen molar-refractivity contribution >= 4 is 27.5 Å². The molecule has 2 aromatic carbocycles. The van der Waals surface area contributed by atoms with Crippen LogP contribution in [0.5, 0.6) is 5.75 Å². The molecule has 0 unspecified atom stereocenters. The van der Waals surface area contributed by atoms with Crippen molar-refractivity contribution in [2.75, 3.05) is 24.2 Å². The molecule has 0 heterocycles. The molecule has 0 radical (unpaired) electrons. The average Bonchev–Trinajstić information content (AvgIpc) is 2.86. The maximum absolute atomic E-state index is 13.9. The first-order valence-electron chi connectivity index (χ1n) is 13.3. The van der Waals surface area contributed by atoms with Crippen molar-refractivity contribution in [1.29, 1.82) is 0 Å². The van der Waals surface area contributed by atoms with Gasteiger partial charge >= 0.3 is 0 Å². The van der Waals surface area contributed by atoms with Gasteiger partial charge in [-0.3, -0.25) is 13.9 Å². The number of aryl methyl sites for hydroxylation is 2. The number of methoxy groups -OCH3 is 1. The number of nitrogens with zero attached hydrogens (tertiary/aromatic N) is 2. The Morgan fingerprint density at radius 1 is 1.05 bits per heavy atom. The van der Waals surface area contributed by atoms with Crippen molar-refractivity contribution in [1.82, 2.24) is 10.2 Å². The van der Waals surface area contributed by atoms with Gasteiger partial charge < -0.3 is 15.0 Å². The van der Waals surface area contributed by atoms with Crippen LogP contribution in [-0.2, 0) is 26.2 Å². The quantitative estimate of drug-likeness (QED) is 0.455. The lowest BCUT2D eigenvalue weighted by atomic mass is 9.95. The molecule has 38 heavy (non-hydrogen) atoms. The van der Waals surface area contributed by atoms with Gasteiger partial charge in [-0.15, -0.1) is 0 Å². The van der Waals surface area contributed by atoms with E-state index in [9.17, 15) is 18.0 Å². The van der Waals surface area contributed by atoms with Crippen LogP contribution in [0.25, 0.3) is 0 Å². The zero-order valence-corrected chi connectivity index (χ0v) is 24.0. The zero-order valence-electron chi connectivity index (χ0n) is 23.2. The van der Waals surface area contributed by atoms with E-state index < -0.39 is 28.5 Å². The van der Waals surface area contributed by atoms with E-state index in [2.05, 4.69) is 5.32 Å². The molecule has 0 bridgehead atoms. The number of sulfonamides is 1. The predicted octanol–water partition coefficient (Wildman–Crippen LogP) is 4.33. The lowest BCUT2D eigenvalue weighted by Gasteiger charge is -2.34. The summed E-state index contributed by atoms with van der Waals surface area (Å²) in [5, 5.41) is 3.15. The number of rotatable bonds is 11. The number of ether oxygens (including phenoxy) is 1. The lowest BCUT2D eigenvalue weighted by molar-refractivity contribution is -0.140. The minimum Gasteiger partial charge on any atom is -0.497 e. The van der Waals surface area contributed by atoms with E-state index in [0.717, 1.165) is 52.9 Å². The van der Waals surface area contributed by atoms with Crippen LogP contribution < -0.4 is 14.4 Å². The van der Waals surface area contributed by atoms with Gasteiger partial charge in [-0.2, -0.15) is 0 Å². The molecule has 8 nitrogen and oxygen atoms in total. The summed E-state index contributed by atoms with van der Waals surface area (Å²) in [6, 6.07) is 12.1. The zero-order chi connectivity index (χ0) is 27.9. The third-order valence-electron chi connectivity index (χ3n) is 7.00. The molecule has 3 rings (SSSR count). The van der Waals surface area contributed by atoms with Gasteiger partial charge in [-0.05, 0) is 74.1 Å². The highest BCUT2D eigenvalue weighted by Gasteiger charge is 2.33. The second-order valence-electron chi connectivity index (χ2n) is 10.3. The first-order chi connectivity index (χ1) is 18.0. The Morgan fingerprint density at radius 3 is 2.29 bits per heavy atom. The lowest BCUT2D eigenvalue weighted by Crippen LogP contribution is -2.53. The summed E-state index contributed by atoms with van der Waals surface area (Å²) in [5.41, 5.74) is 3.01. The van der Waals surface area contributed by atoms with Gasteiger partial charge in [0.25, 0.3) is 0 Å². The van der Waals surface area contributed by atoms with Crippen molar-refractivity contribution in [3.05, 3.63) is 59.2 Å². The van der Waals surface area contributed by atoms with Gasteiger partial charge in [0.1, 0.15) is 18.3 Å². The molecular formula is C29H41N3O5S. The monoisotopic (exact) mass is 543 g/mol. The molecule has 2 amide bonds. The molecule has 0 aromatic heterocycles. The highest BCUT2D eigenvalue weighted by Crippen LogP contribution is 2.24. The van der Waals surface area contributed by atoms with Gasteiger partial charge in [0.15, 0.2) is 0 Å². The molecule has 1 saturated carbocycles. The SMILES string of the molecule is CC[C@H](C(=O)NC1CCCCC1)N(Cc1cccc(OC)c1)C(=O)CN(c1cc(C)cc(C)c1)S(C)(=O)=O. The fourth-order valence-corrected chi connectivity index (χ4v) is 5.97. The molecule has 1 aliphatic carbocycles. The number of anilines is 1. The Morgan fingerprint density at radius 2 is 1.71 bits per heavy atom. The van der Waals surface area contributed by atoms with Gasteiger partial charge in [0, 0.05) is 12.6 Å². The van der Waals surface area contributed by atoms with Crippen LogP contribution >= 0.6 is 0 Å². The van der Waals surface area contributed by atoms with E-state index in [1.54, 1.807) is 19.2 Å². The first-order valence-corrected chi connectivity index (χ1v) is 15.2. The summed E-state index contributed by atoms with van der Waals surface area (Å²) in [6.07, 6.45) is 6.68. The molecule has 208 valence electrons. The van der Waals surface area contributed by atoms with Crippen molar-refractivity contribution in [3.8, 4) is 5.75 Å². The van der Waals surface area contributed by atoms with Gasteiger partial charge in [0.05, 0.1) is 19.1 Å². The van der Waals surface area contributed by atoms with Gasteiger partial charge in [-0.1, -0.05) is 44.4 Å². The molecular weight excluding hydrogens is 502 g/mol. The Hall–Kier alpha value is -3.07. The maximum Gasteiger partial charge on any atom is 0.244 e. The first kappa shape index (κ1) is 29.5. The van der Waals surface area contributed by atoms with Gasteiger partial charge in [-0.25, -0.2) is 8.42 Å². The standard InChI is InChI=1S/C29H41N3O5S/c1-6-27(29(34)30-24-12-8-7-9-13-24)31(19-23-11-10-14-26(18-23)37-4)28(33)20-32(38(5,35)36)25-16-21(2)15-22(3)17-25/h10-11,14-18,24,27H,6-9,12-13,19-20H2,1-5H3,(H,30,34)/t27-/m1/s1. The summed E-state index contributed by atoms with van der Waals surface area (Å²) < 4.78 is 32.2. The van der Waals surface area contributed by atoms with Crippen LogP contribution in [0, 0.1) is 13.8 Å². The molecule has 0 spiro atoms. The fourth-order valence-electron chi connectivity index (χ4n) is 5.14. The largest absolute Gasteiger partial charge is 0.497 e. The smallest absolute Gasteiger partial charge is 0.244 e. The molecule has 9 heteroatoms. The number of carbonyl (C=O) groups is 2. The predicted molar refractivity (Wildman–Crippen MR) is 151 cm³/mol. The minimum atomic E-state index is -3.77. The number of amides is 2. The molecule has 2 aromatic rings. The van der Waals surface area contributed by atoms with E-state index in [0.29, 0.717) is 17.9 Å². The van der Waals surface area contributed by atoms with Crippen molar-refractivity contribution in [2.45, 2.75) is 77.9 Å². The summed E-state index contributed by atoms with van der Waals surface area (Å²) in [7, 11) is -2.20. The Kier molecular flexibility index (Phi) is 10.2. The van der Waals surface area contributed by atoms with Crippen molar-refractivity contribution in [3.63, 3.8) is 0 Å². The van der Waals surface area contributed by atoms with Gasteiger partial charge in [0.2, 0.25) is 21.8 Å². The molecule has 1 aliphatic rings. The average molecular weight is 544 g/mol. The second kappa shape index (κ2) is 13.1. The number of hydrogen-bond donors (Lipinski definition) is 1. The number of benzene rings is 2. The number of nitrogens with one attached hydrogen (secondary N) is 1. The summed E-state index contributed by atoms with van der Waals surface area (Å²) in [4.78, 5) is 28.9. The number of hydrogen-bond acceptors (Lipinski definition) is 5. The fraction of sp³-hybridized carbons (Fsp3) is 0.517. The third-order valence-corrected chi connectivity index (χ3v) is 8.14. The van der Waals surface area contributed by atoms with E-state index >= 15 is 0 Å². The Balaban J connectivity index is 1.95. The van der Waals surface area contributed by atoms with Crippen LogP contribution in [0.2, 0.25) is 0 Å². The van der Waals surface area contributed by atoms with Crippen molar-refractivity contribution in [2.24, 2.45) is 0 Å². The highest BCUT2D eigenvalue weighted by atomic mass is 32.2. The molecule has 1 atom stereocenters. The highest BCUT2D eigenvalue weighted by molar-refractivity contribution is 7.92. The number of carbonyl (C=O) groups excluding carboxylic acids is 2. The Labute approximate surface area is 227 Å². The van der Waals surface area contributed by atoms with Crippen molar-refractivity contribution < 1.29 is 22.7 Å². The molecule has 0 aliphatic heterocycles. The Bertz CT molecular complexity index is 1200. The summed E-state index contributed by atoms with van der Waals surface area (Å²) in [5.74, 6) is -0.00129. The van der Waals surface area contributed by atoms with E-state index in [1.807, 2.05) is 51.1 Å². The topological polar surface area (TPSA) is 96.0 Å². The van der Waals surface area contributed by atoms with Crippen LogP contribution in [0.3, 0.4) is 0 Å². The summed E-state index contributed by atoms with van der Waals surface area (Å²) >= 11 is 0. The maximum atomic E-state index is 13.9. The minimum absolute atomic E-state index is 0.0989. The van der Waals surface area contributed by atoms with Crippen LogP contribution in [0.15, 0.2) is 42.5 Å². The van der Waals surface area contributed by atoms with Crippen LogP contribution in [0.4, 0.5) is 5.69 Å². The second-order valence-corrected chi connectivity index (χ2v) is 12.2. The van der Waals surface area contributed by atoms with E-state index in [1.165, 1.54) is 11.3 Å².